The van der Waals surface area contributed by atoms with E-state index < -0.39 is 22.6 Å². The molecular weight excluding hydrogens is 320 g/mol. The maximum Gasteiger partial charge on any atom is 0.419 e. The molecule has 116 valence electrons. The van der Waals surface area contributed by atoms with E-state index in [-0.39, 0.29) is 5.03 Å². The molecule has 0 aliphatic carbocycles. The van der Waals surface area contributed by atoms with Crippen LogP contribution in [0.4, 0.5) is 0 Å². The fourth-order valence-electron chi connectivity index (χ4n) is 2.40. The van der Waals surface area contributed by atoms with Gasteiger partial charge in [-0.25, -0.2) is 13.7 Å². The summed E-state index contributed by atoms with van der Waals surface area (Å²) in [6, 6.07) is 5.36. The molecule has 3 heterocycles. The molecule has 0 bridgehead atoms. The second kappa shape index (κ2) is 4.78. The summed E-state index contributed by atoms with van der Waals surface area (Å²) in [6.07, 6.45) is 4.49. The summed E-state index contributed by atoms with van der Waals surface area (Å²) in [5.41, 5.74) is 2.71. The van der Waals surface area contributed by atoms with Gasteiger partial charge in [-0.05, 0) is 17.7 Å². The lowest BCUT2D eigenvalue weighted by Gasteiger charge is -1.99. The van der Waals surface area contributed by atoms with Crippen molar-refractivity contribution in [3.05, 3.63) is 47.2 Å². The second-order valence-electron chi connectivity index (χ2n) is 5.00. The number of aryl methyl sites for hydroxylation is 1. The summed E-state index contributed by atoms with van der Waals surface area (Å²) in [7, 11) is 0.0288. The number of carbonyl (C=O) groups excluding carboxylic acids is 1. The van der Waals surface area contributed by atoms with Crippen LogP contribution in [-0.4, -0.2) is 24.5 Å². The zero-order valence-electron chi connectivity index (χ0n) is 11.8. The van der Waals surface area contributed by atoms with Crippen molar-refractivity contribution in [3.63, 3.8) is 0 Å². The molecule has 3 aromatic rings. The molecule has 0 radical (unpaired) electrons. The van der Waals surface area contributed by atoms with E-state index in [9.17, 15) is 13.8 Å². The molecule has 1 unspecified atom stereocenters. The fraction of sp³-hybridized carbons (Fsp3) is 0.0714. The van der Waals surface area contributed by atoms with E-state index in [0.29, 0.717) is 11.1 Å². The van der Waals surface area contributed by atoms with Crippen molar-refractivity contribution >= 4 is 33.0 Å². The Kier molecular flexibility index (Phi) is 2.85. The van der Waals surface area contributed by atoms with Gasteiger partial charge >= 0.3 is 5.76 Å². The zero-order valence-corrected chi connectivity index (χ0v) is 12.7. The standard InChI is InChI=1S/C14H10N4O4S/c1-17-10-3-2-8(4-11(10)22-14(17)20)9-6-15-18(7-9)13-5-12(19)16-23(13)21/h2-7H,1H3,(H,16,19). The van der Waals surface area contributed by atoms with Crippen LogP contribution in [0.5, 0.6) is 0 Å². The van der Waals surface area contributed by atoms with Crippen LogP contribution in [0.3, 0.4) is 0 Å². The second-order valence-corrected chi connectivity index (χ2v) is 6.16. The van der Waals surface area contributed by atoms with Gasteiger partial charge in [0, 0.05) is 24.9 Å². The number of nitrogens with one attached hydrogen (secondary N) is 1. The van der Waals surface area contributed by atoms with E-state index in [4.69, 9.17) is 4.42 Å². The number of amides is 1. The molecule has 9 heteroatoms. The summed E-state index contributed by atoms with van der Waals surface area (Å²) in [4.78, 5) is 22.8. The Labute approximate surface area is 131 Å². The number of rotatable bonds is 2. The average Bonchev–Trinajstić information content (AvgIpc) is 3.18. The predicted octanol–water partition coefficient (Wildman–Crippen LogP) is 0.587. The van der Waals surface area contributed by atoms with Gasteiger partial charge in [-0.3, -0.25) is 14.1 Å². The van der Waals surface area contributed by atoms with Gasteiger partial charge < -0.3 is 4.42 Å². The predicted molar refractivity (Wildman–Crippen MR) is 83.2 cm³/mol. The van der Waals surface area contributed by atoms with E-state index in [1.54, 1.807) is 31.6 Å². The highest BCUT2D eigenvalue weighted by molar-refractivity contribution is 7.93. The van der Waals surface area contributed by atoms with Crippen molar-refractivity contribution in [1.29, 1.82) is 0 Å². The first-order chi connectivity index (χ1) is 11.0. The highest BCUT2D eigenvalue weighted by Gasteiger charge is 2.22. The molecule has 23 heavy (non-hydrogen) atoms. The molecule has 2 aromatic heterocycles. The number of aromatic nitrogens is 3. The fourth-order valence-corrected chi connectivity index (χ4v) is 3.23. The van der Waals surface area contributed by atoms with Crippen molar-refractivity contribution in [2.24, 2.45) is 7.05 Å². The third-order valence-corrected chi connectivity index (χ3v) is 4.64. The van der Waals surface area contributed by atoms with E-state index >= 15 is 0 Å². The Balaban J connectivity index is 1.77. The van der Waals surface area contributed by atoms with E-state index in [1.807, 2.05) is 6.07 Å². The van der Waals surface area contributed by atoms with Crippen molar-refractivity contribution in [2.75, 3.05) is 0 Å². The molecule has 1 aliphatic heterocycles. The summed E-state index contributed by atoms with van der Waals surface area (Å²) in [5.74, 6) is -0.841. The van der Waals surface area contributed by atoms with Crippen LogP contribution in [-0.2, 0) is 22.8 Å². The minimum absolute atomic E-state index is 0.272. The number of carbonyl (C=O) groups is 1. The number of benzene rings is 1. The molecule has 0 saturated heterocycles. The maximum absolute atomic E-state index is 11.7. The van der Waals surface area contributed by atoms with E-state index in [1.165, 1.54) is 15.3 Å². The summed E-state index contributed by atoms with van der Waals surface area (Å²) < 4.78 is 22.0. The quantitative estimate of drug-likeness (QED) is 0.741. The molecule has 1 amide bonds. The lowest BCUT2D eigenvalue weighted by Crippen LogP contribution is -2.17. The number of hydrogen-bond acceptors (Lipinski definition) is 5. The Morgan fingerprint density at radius 2 is 2.09 bits per heavy atom. The first-order valence-electron chi connectivity index (χ1n) is 6.62. The van der Waals surface area contributed by atoms with Crippen LogP contribution < -0.4 is 10.5 Å². The van der Waals surface area contributed by atoms with Gasteiger partial charge in [0.15, 0.2) is 21.6 Å². The minimum atomic E-state index is -1.61. The van der Waals surface area contributed by atoms with Gasteiger partial charge in [0.05, 0.1) is 11.7 Å². The van der Waals surface area contributed by atoms with Crippen molar-refractivity contribution < 1.29 is 13.4 Å². The molecular formula is C14H10N4O4S. The zero-order chi connectivity index (χ0) is 16.1. The molecule has 1 N–H and O–H groups in total. The lowest BCUT2D eigenvalue weighted by atomic mass is 10.1. The molecule has 0 fully saturated rings. The molecule has 1 atom stereocenters. The highest BCUT2D eigenvalue weighted by atomic mass is 32.2. The third kappa shape index (κ3) is 2.13. The SMILES string of the molecule is Cn1c(=O)oc2cc(-c3cnn(C4=CC(=O)NS4=O)c3)ccc21. The molecule has 1 aromatic carbocycles. The first-order valence-corrected chi connectivity index (χ1v) is 7.77. The van der Waals surface area contributed by atoms with Gasteiger partial charge in [0.1, 0.15) is 0 Å². The Hall–Kier alpha value is -2.94. The smallest absolute Gasteiger partial charge is 0.408 e. The largest absolute Gasteiger partial charge is 0.419 e. The van der Waals surface area contributed by atoms with Crippen LogP contribution in [0, 0.1) is 0 Å². The first kappa shape index (κ1) is 13.7. The maximum atomic E-state index is 11.7. The summed E-state index contributed by atoms with van der Waals surface area (Å²) in [6.45, 7) is 0. The topological polar surface area (TPSA) is 99.1 Å². The van der Waals surface area contributed by atoms with Crippen LogP contribution in [0.2, 0.25) is 0 Å². The van der Waals surface area contributed by atoms with E-state index in [0.717, 1.165) is 11.1 Å². The number of hydrogen-bond donors (Lipinski definition) is 1. The molecule has 4 rings (SSSR count). The number of fused-ring (bicyclic) bond motifs is 1. The molecule has 8 nitrogen and oxygen atoms in total. The molecule has 0 saturated carbocycles. The van der Waals surface area contributed by atoms with Gasteiger partial charge in [-0.1, -0.05) is 6.07 Å². The number of oxazole rings is 1. The monoisotopic (exact) mass is 330 g/mol. The summed E-state index contributed by atoms with van der Waals surface area (Å²) >= 11 is 0. The van der Waals surface area contributed by atoms with Crippen LogP contribution in [0.1, 0.15) is 0 Å². The Morgan fingerprint density at radius 3 is 2.83 bits per heavy atom. The van der Waals surface area contributed by atoms with Crippen LogP contribution in [0.25, 0.3) is 27.3 Å². The van der Waals surface area contributed by atoms with Crippen LogP contribution in [0.15, 0.2) is 45.9 Å². The van der Waals surface area contributed by atoms with Gasteiger partial charge in [-0.2, -0.15) is 5.10 Å². The van der Waals surface area contributed by atoms with Crippen molar-refractivity contribution in [2.45, 2.75) is 0 Å². The van der Waals surface area contributed by atoms with E-state index in [2.05, 4.69) is 9.82 Å². The molecule has 0 spiro atoms. The van der Waals surface area contributed by atoms with Crippen molar-refractivity contribution in [1.82, 2.24) is 19.1 Å². The normalized spacial score (nSPS) is 17.5. The Bertz CT molecular complexity index is 1070. The average molecular weight is 330 g/mol. The van der Waals surface area contributed by atoms with Crippen LogP contribution >= 0.6 is 0 Å². The van der Waals surface area contributed by atoms with Gasteiger partial charge in [0.2, 0.25) is 0 Å². The molecule has 1 aliphatic rings. The van der Waals surface area contributed by atoms with Gasteiger partial charge in [0.25, 0.3) is 5.91 Å². The number of nitrogens with zero attached hydrogens (tertiary/aromatic N) is 3. The lowest BCUT2D eigenvalue weighted by molar-refractivity contribution is -0.114. The minimum Gasteiger partial charge on any atom is -0.408 e. The summed E-state index contributed by atoms with van der Waals surface area (Å²) in [5, 5.41) is 4.40. The van der Waals surface area contributed by atoms with Crippen molar-refractivity contribution in [3.8, 4) is 11.1 Å². The highest BCUT2D eigenvalue weighted by Crippen LogP contribution is 2.25. The Morgan fingerprint density at radius 1 is 1.26 bits per heavy atom. The third-order valence-electron chi connectivity index (χ3n) is 3.57. The van der Waals surface area contributed by atoms with Gasteiger partial charge in [-0.15, -0.1) is 0 Å².